The van der Waals surface area contributed by atoms with Crippen molar-refractivity contribution >= 4 is 16.1 Å². The maximum Gasteiger partial charge on any atom is 0.315 e. The molecule has 0 unspecified atom stereocenters. The minimum absolute atomic E-state index is 0.231. The summed E-state index contributed by atoms with van der Waals surface area (Å²) in [7, 11) is -3.31. The van der Waals surface area contributed by atoms with E-state index < -0.39 is 10.0 Å². The standard InChI is InChI=1S/C14H21N3O3S/c1-21(19,20)17(11-12-5-3-2-4-6-12)10-9-15-14(18)16-13-7-8-13/h2-6,13H,7-11H2,1H3,(H2,15,16,18). The van der Waals surface area contributed by atoms with Crippen LogP contribution in [0.15, 0.2) is 30.3 Å². The fraction of sp³-hybridized carbons (Fsp3) is 0.500. The van der Waals surface area contributed by atoms with Gasteiger partial charge in [-0.15, -0.1) is 0 Å². The van der Waals surface area contributed by atoms with Crippen LogP contribution in [0.5, 0.6) is 0 Å². The lowest BCUT2D eigenvalue weighted by Gasteiger charge is -2.20. The fourth-order valence-electron chi connectivity index (χ4n) is 1.91. The average molecular weight is 311 g/mol. The second-order valence-corrected chi connectivity index (χ2v) is 7.24. The number of hydrogen-bond donors (Lipinski definition) is 2. The van der Waals surface area contributed by atoms with E-state index in [1.807, 2.05) is 30.3 Å². The molecular formula is C14H21N3O3S. The van der Waals surface area contributed by atoms with E-state index in [1.54, 1.807) is 0 Å². The Kier molecular flexibility index (Phi) is 5.19. The molecule has 2 N–H and O–H groups in total. The zero-order valence-electron chi connectivity index (χ0n) is 12.1. The van der Waals surface area contributed by atoms with E-state index in [0.717, 1.165) is 18.4 Å². The lowest BCUT2D eigenvalue weighted by Crippen LogP contribution is -2.42. The van der Waals surface area contributed by atoms with Gasteiger partial charge in [0, 0.05) is 25.7 Å². The lowest BCUT2D eigenvalue weighted by atomic mass is 10.2. The second kappa shape index (κ2) is 6.91. The molecule has 116 valence electrons. The molecular weight excluding hydrogens is 290 g/mol. The molecule has 2 rings (SSSR count). The molecule has 0 heterocycles. The average Bonchev–Trinajstić information content (AvgIpc) is 3.21. The number of hydrogen-bond acceptors (Lipinski definition) is 3. The predicted molar refractivity (Wildman–Crippen MR) is 81.3 cm³/mol. The first-order chi connectivity index (χ1) is 9.95. The molecule has 0 aliphatic heterocycles. The van der Waals surface area contributed by atoms with Gasteiger partial charge >= 0.3 is 6.03 Å². The molecule has 0 bridgehead atoms. The molecule has 6 nitrogen and oxygen atoms in total. The van der Waals surface area contributed by atoms with Crippen LogP contribution in [0.25, 0.3) is 0 Å². The van der Waals surface area contributed by atoms with Crippen LogP contribution in [0, 0.1) is 0 Å². The monoisotopic (exact) mass is 311 g/mol. The van der Waals surface area contributed by atoms with Crippen molar-refractivity contribution in [2.75, 3.05) is 19.3 Å². The summed E-state index contributed by atoms with van der Waals surface area (Å²) in [4.78, 5) is 11.5. The van der Waals surface area contributed by atoms with Gasteiger partial charge in [0.15, 0.2) is 0 Å². The smallest absolute Gasteiger partial charge is 0.315 e. The number of urea groups is 1. The molecule has 21 heavy (non-hydrogen) atoms. The first-order valence-corrected chi connectivity index (χ1v) is 8.83. The summed E-state index contributed by atoms with van der Waals surface area (Å²) >= 11 is 0. The first kappa shape index (κ1) is 15.8. The molecule has 0 atom stereocenters. The molecule has 0 spiro atoms. The molecule has 2 amide bonds. The Bertz CT molecular complexity index is 570. The molecule has 1 aromatic carbocycles. The van der Waals surface area contributed by atoms with Gasteiger partial charge in [0.2, 0.25) is 10.0 Å². The van der Waals surface area contributed by atoms with E-state index in [9.17, 15) is 13.2 Å². The Morgan fingerprint density at radius 3 is 2.52 bits per heavy atom. The lowest BCUT2D eigenvalue weighted by molar-refractivity contribution is 0.239. The SMILES string of the molecule is CS(=O)(=O)N(CCNC(=O)NC1CC1)Cc1ccccc1. The van der Waals surface area contributed by atoms with Crippen LogP contribution in [-0.4, -0.2) is 44.1 Å². The Labute approximate surface area is 125 Å². The number of sulfonamides is 1. The number of nitrogens with zero attached hydrogens (tertiary/aromatic N) is 1. The van der Waals surface area contributed by atoms with Crippen LogP contribution in [0.2, 0.25) is 0 Å². The molecule has 0 aromatic heterocycles. The highest BCUT2D eigenvalue weighted by Crippen LogP contribution is 2.18. The summed E-state index contributed by atoms with van der Waals surface area (Å²) < 4.78 is 25.0. The van der Waals surface area contributed by atoms with E-state index >= 15 is 0 Å². The van der Waals surface area contributed by atoms with Gasteiger partial charge in [-0.1, -0.05) is 30.3 Å². The number of amides is 2. The molecule has 7 heteroatoms. The minimum atomic E-state index is -3.31. The second-order valence-electron chi connectivity index (χ2n) is 5.26. The molecule has 1 fully saturated rings. The van der Waals surface area contributed by atoms with Crippen LogP contribution < -0.4 is 10.6 Å². The number of rotatable bonds is 7. The van der Waals surface area contributed by atoms with Crippen LogP contribution in [0.3, 0.4) is 0 Å². The van der Waals surface area contributed by atoms with Gasteiger partial charge in [-0.2, -0.15) is 4.31 Å². The third-order valence-corrected chi connectivity index (χ3v) is 4.48. The Morgan fingerprint density at radius 2 is 1.95 bits per heavy atom. The summed E-state index contributed by atoms with van der Waals surface area (Å²) in [6.07, 6.45) is 3.23. The van der Waals surface area contributed by atoms with E-state index in [0.29, 0.717) is 19.1 Å². The van der Waals surface area contributed by atoms with Crippen LogP contribution in [0.1, 0.15) is 18.4 Å². The summed E-state index contributed by atoms with van der Waals surface area (Å²) in [6, 6.07) is 9.45. The topological polar surface area (TPSA) is 78.5 Å². The van der Waals surface area contributed by atoms with Crippen molar-refractivity contribution in [1.82, 2.24) is 14.9 Å². The zero-order chi connectivity index (χ0) is 15.3. The van der Waals surface area contributed by atoms with Crippen LogP contribution in [-0.2, 0) is 16.6 Å². The van der Waals surface area contributed by atoms with Gasteiger partial charge in [0.05, 0.1) is 6.26 Å². The molecule has 1 aliphatic carbocycles. The van der Waals surface area contributed by atoms with E-state index in [-0.39, 0.29) is 12.6 Å². The minimum Gasteiger partial charge on any atom is -0.337 e. The third-order valence-electron chi connectivity index (χ3n) is 3.23. The van der Waals surface area contributed by atoms with Crippen molar-refractivity contribution in [2.24, 2.45) is 0 Å². The van der Waals surface area contributed by atoms with Crippen molar-refractivity contribution in [2.45, 2.75) is 25.4 Å². The normalized spacial score (nSPS) is 15.0. The number of carbonyl (C=O) groups excluding carboxylic acids is 1. The van der Waals surface area contributed by atoms with Crippen molar-refractivity contribution in [3.05, 3.63) is 35.9 Å². The van der Waals surface area contributed by atoms with E-state index in [4.69, 9.17) is 0 Å². The van der Waals surface area contributed by atoms with Crippen molar-refractivity contribution in [1.29, 1.82) is 0 Å². The highest BCUT2D eigenvalue weighted by molar-refractivity contribution is 7.88. The zero-order valence-corrected chi connectivity index (χ0v) is 12.9. The third kappa shape index (κ3) is 5.73. The number of benzene rings is 1. The first-order valence-electron chi connectivity index (χ1n) is 6.98. The maximum absolute atomic E-state index is 11.8. The molecule has 0 saturated heterocycles. The number of carbonyl (C=O) groups is 1. The van der Waals surface area contributed by atoms with Crippen molar-refractivity contribution < 1.29 is 13.2 Å². The maximum atomic E-state index is 11.8. The van der Waals surface area contributed by atoms with Crippen LogP contribution >= 0.6 is 0 Å². The quantitative estimate of drug-likeness (QED) is 0.785. The van der Waals surface area contributed by atoms with E-state index in [2.05, 4.69) is 10.6 Å². The molecule has 1 saturated carbocycles. The Hall–Kier alpha value is -1.60. The molecule has 0 radical (unpaired) electrons. The Balaban J connectivity index is 1.83. The molecule has 1 aromatic rings. The van der Waals surface area contributed by atoms with Crippen molar-refractivity contribution in [3.63, 3.8) is 0 Å². The van der Waals surface area contributed by atoms with Gasteiger partial charge in [-0.3, -0.25) is 0 Å². The predicted octanol–water partition coefficient (Wildman–Crippen LogP) is 0.910. The number of nitrogens with one attached hydrogen (secondary N) is 2. The molecule has 1 aliphatic rings. The van der Waals surface area contributed by atoms with Gasteiger partial charge in [-0.25, -0.2) is 13.2 Å². The largest absolute Gasteiger partial charge is 0.337 e. The summed E-state index contributed by atoms with van der Waals surface area (Å²) in [5.41, 5.74) is 0.922. The summed E-state index contributed by atoms with van der Waals surface area (Å²) in [6.45, 7) is 0.857. The van der Waals surface area contributed by atoms with Crippen molar-refractivity contribution in [3.8, 4) is 0 Å². The van der Waals surface area contributed by atoms with Gasteiger partial charge in [0.1, 0.15) is 0 Å². The van der Waals surface area contributed by atoms with Gasteiger partial charge < -0.3 is 10.6 Å². The summed E-state index contributed by atoms with van der Waals surface area (Å²) in [5, 5.41) is 5.48. The summed E-state index contributed by atoms with van der Waals surface area (Å²) in [5.74, 6) is 0. The highest BCUT2D eigenvalue weighted by atomic mass is 32.2. The van der Waals surface area contributed by atoms with E-state index in [1.165, 1.54) is 10.6 Å². The van der Waals surface area contributed by atoms with Gasteiger partial charge in [-0.05, 0) is 18.4 Å². The van der Waals surface area contributed by atoms with Crippen LogP contribution in [0.4, 0.5) is 4.79 Å². The highest BCUT2D eigenvalue weighted by Gasteiger charge is 2.23. The fourth-order valence-corrected chi connectivity index (χ4v) is 2.71. The van der Waals surface area contributed by atoms with Gasteiger partial charge in [0.25, 0.3) is 0 Å². The Morgan fingerprint density at radius 1 is 1.29 bits per heavy atom.